The van der Waals surface area contributed by atoms with Crippen molar-refractivity contribution in [3.05, 3.63) is 59.9 Å². The number of para-hydroxylation sites is 1. The van der Waals surface area contributed by atoms with E-state index in [4.69, 9.17) is 9.40 Å². The molecule has 0 aliphatic rings. The molecule has 0 fully saturated rings. The maximum absolute atomic E-state index is 6.00. The van der Waals surface area contributed by atoms with Gasteiger partial charge in [-0.2, -0.15) is 0 Å². The monoisotopic (exact) mass is 317 g/mol. The minimum atomic E-state index is 0.516. The zero-order chi connectivity index (χ0) is 16.8. The van der Waals surface area contributed by atoms with Gasteiger partial charge in [0.05, 0.1) is 11.3 Å². The first-order chi connectivity index (χ1) is 11.5. The molecule has 0 radical (unpaired) electrons. The molecule has 3 heteroatoms. The Bertz CT molecular complexity index is 1060. The Balaban J connectivity index is 1.94. The van der Waals surface area contributed by atoms with Gasteiger partial charge >= 0.3 is 0 Å². The van der Waals surface area contributed by atoms with Gasteiger partial charge in [0.1, 0.15) is 18.1 Å². The van der Waals surface area contributed by atoms with Crippen molar-refractivity contribution in [1.82, 2.24) is 4.98 Å². The molecule has 0 aliphatic carbocycles. The van der Waals surface area contributed by atoms with Gasteiger partial charge in [-0.3, -0.25) is 0 Å². The molecular weight excluding hydrogens is 296 g/mol. The summed E-state index contributed by atoms with van der Waals surface area (Å²) in [5.74, 6) is 0.516. The fraction of sp³-hybridized carbons (Fsp3) is 0.238. The van der Waals surface area contributed by atoms with E-state index in [1.807, 2.05) is 18.2 Å². The third kappa shape index (κ3) is 2.28. The lowest BCUT2D eigenvalue weighted by molar-refractivity contribution is -0.660. The van der Waals surface area contributed by atoms with E-state index in [0.717, 1.165) is 39.0 Å². The van der Waals surface area contributed by atoms with Crippen molar-refractivity contribution in [2.24, 2.45) is 7.05 Å². The normalized spacial score (nSPS) is 11.7. The Morgan fingerprint density at radius 2 is 1.83 bits per heavy atom. The second-order valence-corrected chi connectivity index (χ2v) is 6.68. The molecule has 0 saturated heterocycles. The van der Waals surface area contributed by atoms with Crippen LogP contribution in [0.2, 0.25) is 0 Å². The minimum absolute atomic E-state index is 0.516. The van der Waals surface area contributed by atoms with Gasteiger partial charge in [-0.25, -0.2) is 9.55 Å². The molecule has 1 aromatic carbocycles. The van der Waals surface area contributed by atoms with Crippen LogP contribution in [0.4, 0.5) is 0 Å². The quantitative estimate of drug-likeness (QED) is 0.492. The van der Waals surface area contributed by atoms with E-state index in [0.29, 0.717) is 5.92 Å². The number of hydrogen-bond acceptors (Lipinski definition) is 2. The molecule has 0 unspecified atom stereocenters. The number of furan rings is 1. The van der Waals surface area contributed by atoms with Gasteiger partial charge in [-0.1, -0.05) is 26.0 Å². The topological polar surface area (TPSA) is 29.9 Å². The number of rotatable bonds is 2. The Morgan fingerprint density at radius 1 is 1.04 bits per heavy atom. The van der Waals surface area contributed by atoms with E-state index in [1.54, 1.807) is 0 Å². The van der Waals surface area contributed by atoms with Gasteiger partial charge in [-0.05, 0) is 37.1 Å². The van der Waals surface area contributed by atoms with Crippen LogP contribution in [0.5, 0.6) is 0 Å². The molecule has 24 heavy (non-hydrogen) atoms. The SMILES string of the molecule is Cc1nc2c(cc1-c1ccc(C(C)C)c[n+]1C)oc1ccccc12. The number of benzene rings is 1. The highest BCUT2D eigenvalue weighted by Gasteiger charge is 2.18. The maximum atomic E-state index is 6.00. The minimum Gasteiger partial charge on any atom is -0.454 e. The van der Waals surface area contributed by atoms with Crippen molar-refractivity contribution in [2.75, 3.05) is 0 Å². The Kier molecular flexibility index (Phi) is 3.38. The average Bonchev–Trinajstić information content (AvgIpc) is 2.92. The molecule has 0 atom stereocenters. The molecule has 0 spiro atoms. The number of aryl methyl sites for hydroxylation is 2. The largest absolute Gasteiger partial charge is 0.454 e. The molecule has 3 aromatic heterocycles. The molecule has 120 valence electrons. The van der Waals surface area contributed by atoms with Gasteiger partial charge in [0.25, 0.3) is 0 Å². The lowest BCUT2D eigenvalue weighted by Gasteiger charge is -2.07. The van der Waals surface area contributed by atoms with Crippen LogP contribution in [0.25, 0.3) is 33.3 Å². The highest BCUT2D eigenvalue weighted by molar-refractivity contribution is 6.03. The standard InChI is InChI=1S/C21H21N2O/c1-13(2)15-9-10-18(23(4)12-15)17-11-20-21(22-14(17)3)16-7-5-6-8-19(16)24-20/h5-13H,1-4H3/q+1. The summed E-state index contributed by atoms with van der Waals surface area (Å²) in [5.41, 5.74) is 7.26. The Labute approximate surface area is 141 Å². The molecule has 0 saturated carbocycles. The first-order valence-corrected chi connectivity index (χ1v) is 8.33. The smallest absolute Gasteiger partial charge is 0.214 e. The summed E-state index contributed by atoms with van der Waals surface area (Å²) in [6.45, 7) is 6.48. The molecular formula is C21H21N2O+. The summed E-state index contributed by atoms with van der Waals surface area (Å²) in [6, 6.07) is 14.5. The lowest BCUT2D eigenvalue weighted by atomic mass is 10.0. The maximum Gasteiger partial charge on any atom is 0.214 e. The van der Waals surface area contributed by atoms with Crippen molar-refractivity contribution in [2.45, 2.75) is 26.7 Å². The highest BCUT2D eigenvalue weighted by Crippen LogP contribution is 2.31. The first kappa shape index (κ1) is 14.9. The fourth-order valence-corrected chi connectivity index (χ4v) is 3.24. The Hall–Kier alpha value is -2.68. The number of aromatic nitrogens is 2. The molecule has 4 rings (SSSR count). The molecule has 3 nitrogen and oxygen atoms in total. The number of nitrogens with zero attached hydrogens (tertiary/aromatic N) is 2. The summed E-state index contributed by atoms with van der Waals surface area (Å²) >= 11 is 0. The second-order valence-electron chi connectivity index (χ2n) is 6.68. The molecule has 0 bridgehead atoms. The summed E-state index contributed by atoms with van der Waals surface area (Å²) in [7, 11) is 2.09. The van der Waals surface area contributed by atoms with Gasteiger partial charge in [-0.15, -0.1) is 0 Å². The van der Waals surface area contributed by atoms with Gasteiger partial charge in [0.15, 0.2) is 11.8 Å². The molecule has 0 aliphatic heterocycles. The number of pyridine rings is 2. The third-order valence-electron chi connectivity index (χ3n) is 4.64. The highest BCUT2D eigenvalue weighted by atomic mass is 16.3. The van der Waals surface area contributed by atoms with Crippen molar-refractivity contribution < 1.29 is 8.98 Å². The van der Waals surface area contributed by atoms with Gasteiger partial charge in [0, 0.05) is 17.0 Å². The van der Waals surface area contributed by atoms with Crippen molar-refractivity contribution in [1.29, 1.82) is 0 Å². The van der Waals surface area contributed by atoms with Gasteiger partial charge < -0.3 is 4.42 Å². The average molecular weight is 317 g/mol. The molecule has 0 amide bonds. The summed E-state index contributed by atoms with van der Waals surface area (Å²) in [4.78, 5) is 4.83. The summed E-state index contributed by atoms with van der Waals surface area (Å²) in [6.07, 6.45) is 2.20. The lowest BCUT2D eigenvalue weighted by Crippen LogP contribution is -2.31. The molecule has 3 heterocycles. The second kappa shape index (κ2) is 5.45. The molecule has 0 N–H and O–H groups in total. The van der Waals surface area contributed by atoms with Crippen molar-refractivity contribution in [3.63, 3.8) is 0 Å². The van der Waals surface area contributed by atoms with Gasteiger partial charge in [0.2, 0.25) is 5.69 Å². The van der Waals surface area contributed by atoms with E-state index < -0.39 is 0 Å². The predicted molar refractivity (Wildman–Crippen MR) is 97.0 cm³/mol. The first-order valence-electron chi connectivity index (χ1n) is 8.33. The van der Waals surface area contributed by atoms with Crippen LogP contribution < -0.4 is 4.57 Å². The van der Waals surface area contributed by atoms with Crippen molar-refractivity contribution in [3.8, 4) is 11.3 Å². The zero-order valence-electron chi connectivity index (χ0n) is 14.5. The van der Waals surface area contributed by atoms with Crippen molar-refractivity contribution >= 4 is 22.1 Å². The van der Waals surface area contributed by atoms with E-state index in [-0.39, 0.29) is 0 Å². The molecule has 4 aromatic rings. The van der Waals surface area contributed by atoms with E-state index >= 15 is 0 Å². The summed E-state index contributed by atoms with van der Waals surface area (Å²) in [5, 5.41) is 1.07. The number of hydrogen-bond donors (Lipinski definition) is 0. The van der Waals surface area contributed by atoms with E-state index in [2.05, 4.69) is 62.8 Å². The van der Waals surface area contributed by atoms with Crippen LogP contribution >= 0.6 is 0 Å². The van der Waals surface area contributed by atoms with Crippen LogP contribution in [0.3, 0.4) is 0 Å². The van der Waals surface area contributed by atoms with Crippen LogP contribution in [0, 0.1) is 6.92 Å². The van der Waals surface area contributed by atoms with E-state index in [1.165, 1.54) is 5.56 Å². The van der Waals surface area contributed by atoms with Crippen LogP contribution in [-0.2, 0) is 7.05 Å². The Morgan fingerprint density at radius 3 is 2.58 bits per heavy atom. The predicted octanol–water partition coefficient (Wildman–Crippen LogP) is 4.90. The number of fused-ring (bicyclic) bond motifs is 3. The fourth-order valence-electron chi connectivity index (χ4n) is 3.24. The van der Waals surface area contributed by atoms with Crippen LogP contribution in [0.1, 0.15) is 31.0 Å². The zero-order valence-corrected chi connectivity index (χ0v) is 14.5. The summed E-state index contributed by atoms with van der Waals surface area (Å²) < 4.78 is 8.17. The van der Waals surface area contributed by atoms with Crippen LogP contribution in [-0.4, -0.2) is 4.98 Å². The van der Waals surface area contributed by atoms with Crippen LogP contribution in [0.15, 0.2) is 53.1 Å². The third-order valence-corrected chi connectivity index (χ3v) is 4.64. The van der Waals surface area contributed by atoms with E-state index in [9.17, 15) is 0 Å².